The molecule has 2 aromatic heterocycles. The molecule has 2 N–H and O–H groups in total. The molecule has 0 aliphatic carbocycles. The van der Waals surface area contributed by atoms with Crippen molar-refractivity contribution in [2.45, 2.75) is 33.7 Å². The molecule has 23 heavy (non-hydrogen) atoms. The van der Waals surface area contributed by atoms with E-state index in [9.17, 15) is 0 Å². The number of nitrogens with one attached hydrogen (secondary N) is 2. The van der Waals surface area contributed by atoms with E-state index in [4.69, 9.17) is 0 Å². The van der Waals surface area contributed by atoms with Crippen LogP contribution in [0.3, 0.4) is 0 Å². The molecule has 2 rings (SSSR count). The van der Waals surface area contributed by atoms with E-state index in [0.29, 0.717) is 6.54 Å². The van der Waals surface area contributed by atoms with Gasteiger partial charge in [0.1, 0.15) is 0 Å². The van der Waals surface area contributed by atoms with Crippen molar-refractivity contribution in [3.05, 3.63) is 33.5 Å². The van der Waals surface area contributed by atoms with Gasteiger partial charge in [0.2, 0.25) is 0 Å². The molecule has 0 aliphatic rings. The Labute approximate surface area is 158 Å². The average Bonchev–Trinajstić information content (AvgIpc) is 3.02. The smallest absolute Gasteiger partial charge is 0.191 e. The van der Waals surface area contributed by atoms with Gasteiger partial charge >= 0.3 is 0 Å². The number of nitrogens with zero attached hydrogens (tertiary/aromatic N) is 4. The lowest BCUT2D eigenvalue weighted by Gasteiger charge is -2.10. The number of thiazole rings is 1. The first-order chi connectivity index (χ1) is 10.6. The highest BCUT2D eigenvalue weighted by Crippen LogP contribution is 2.16. The van der Waals surface area contributed by atoms with Crippen molar-refractivity contribution in [3.8, 4) is 0 Å². The zero-order valence-corrected chi connectivity index (χ0v) is 17.2. The van der Waals surface area contributed by atoms with E-state index < -0.39 is 0 Å². The van der Waals surface area contributed by atoms with Crippen LogP contribution in [0.1, 0.15) is 28.2 Å². The second-order valence-corrected chi connectivity index (χ2v) is 6.36. The summed E-state index contributed by atoms with van der Waals surface area (Å²) in [5.41, 5.74) is 2.22. The van der Waals surface area contributed by atoms with E-state index in [0.717, 1.165) is 36.9 Å². The highest BCUT2D eigenvalue weighted by Gasteiger charge is 2.04. The second-order valence-electron chi connectivity index (χ2n) is 5.07. The Bertz CT molecular complexity index is 614. The molecule has 2 aromatic rings. The van der Waals surface area contributed by atoms with Gasteiger partial charge in [0.15, 0.2) is 5.96 Å². The fraction of sp³-hybridized carbons (Fsp3) is 0.533. The first kappa shape index (κ1) is 19.9. The third-order valence-electron chi connectivity index (χ3n) is 3.37. The normalized spacial score (nSPS) is 11.2. The molecule has 2 heterocycles. The predicted octanol–water partition coefficient (Wildman–Crippen LogP) is 2.41. The summed E-state index contributed by atoms with van der Waals surface area (Å²) in [7, 11) is 1.93. The number of aliphatic imine (C=N–C) groups is 1. The van der Waals surface area contributed by atoms with Gasteiger partial charge in [-0.15, -0.1) is 35.3 Å². The van der Waals surface area contributed by atoms with Crippen LogP contribution in [0.25, 0.3) is 0 Å². The minimum absolute atomic E-state index is 0. The molecule has 0 fully saturated rings. The molecular formula is C15H25IN6S. The number of guanidine groups is 1. The summed E-state index contributed by atoms with van der Waals surface area (Å²) in [5, 5.41) is 11.9. The van der Waals surface area contributed by atoms with Gasteiger partial charge in [0, 0.05) is 37.6 Å². The maximum Gasteiger partial charge on any atom is 0.191 e. The second kappa shape index (κ2) is 9.86. The summed E-state index contributed by atoms with van der Waals surface area (Å²) in [6.07, 6.45) is 2.70. The van der Waals surface area contributed by atoms with Crippen molar-refractivity contribution in [1.29, 1.82) is 0 Å². The molecule has 0 spiro atoms. The molecule has 0 radical (unpaired) electrons. The largest absolute Gasteiger partial charge is 0.357 e. The summed E-state index contributed by atoms with van der Waals surface area (Å²) in [4.78, 5) is 10.4. The summed E-state index contributed by atoms with van der Waals surface area (Å²) < 4.78 is 1.84. The Morgan fingerprint density at radius 1 is 1.35 bits per heavy atom. The van der Waals surface area contributed by atoms with Gasteiger partial charge in [-0.3, -0.25) is 4.68 Å². The fourth-order valence-electron chi connectivity index (χ4n) is 1.99. The van der Waals surface area contributed by atoms with Gasteiger partial charge in [-0.25, -0.2) is 9.98 Å². The van der Waals surface area contributed by atoms with E-state index in [2.05, 4.69) is 46.5 Å². The van der Waals surface area contributed by atoms with Gasteiger partial charge in [-0.2, -0.15) is 5.10 Å². The number of hydrogen-bond donors (Lipinski definition) is 2. The van der Waals surface area contributed by atoms with Crippen LogP contribution in [-0.4, -0.2) is 33.8 Å². The van der Waals surface area contributed by atoms with Crippen LogP contribution in [-0.2, 0) is 20.0 Å². The van der Waals surface area contributed by atoms with Gasteiger partial charge < -0.3 is 10.6 Å². The molecule has 0 saturated heterocycles. The Balaban J connectivity index is 0.00000264. The topological polar surface area (TPSA) is 67.1 Å². The maximum absolute atomic E-state index is 4.59. The maximum atomic E-state index is 4.59. The zero-order valence-electron chi connectivity index (χ0n) is 14.1. The van der Waals surface area contributed by atoms with E-state index in [1.54, 1.807) is 17.5 Å². The molecule has 6 nitrogen and oxygen atoms in total. The van der Waals surface area contributed by atoms with Crippen molar-refractivity contribution in [2.24, 2.45) is 12.0 Å². The molecule has 8 heteroatoms. The van der Waals surface area contributed by atoms with Gasteiger partial charge in [0.25, 0.3) is 0 Å². The Kier molecular flexibility index (Phi) is 8.53. The van der Waals surface area contributed by atoms with Crippen molar-refractivity contribution in [3.63, 3.8) is 0 Å². The van der Waals surface area contributed by atoms with E-state index in [-0.39, 0.29) is 24.0 Å². The predicted molar refractivity (Wildman–Crippen MR) is 107 cm³/mol. The average molecular weight is 448 g/mol. The summed E-state index contributed by atoms with van der Waals surface area (Å²) in [6, 6.07) is 1.98. The third-order valence-corrected chi connectivity index (χ3v) is 4.50. The molecule has 128 valence electrons. The fourth-order valence-corrected chi connectivity index (χ4v) is 2.93. The van der Waals surface area contributed by atoms with Crippen LogP contribution < -0.4 is 10.6 Å². The molecule has 0 aromatic carbocycles. The third kappa shape index (κ3) is 6.09. The molecular weight excluding hydrogens is 423 g/mol. The zero-order chi connectivity index (χ0) is 15.9. The van der Waals surface area contributed by atoms with Gasteiger partial charge in [-0.05, 0) is 26.8 Å². The lowest BCUT2D eigenvalue weighted by Crippen LogP contribution is -2.38. The first-order valence-corrected chi connectivity index (χ1v) is 8.33. The lowest BCUT2D eigenvalue weighted by atomic mass is 10.4. The Morgan fingerprint density at radius 2 is 2.13 bits per heavy atom. The number of aromatic nitrogens is 3. The van der Waals surface area contributed by atoms with Crippen LogP contribution in [0.4, 0.5) is 0 Å². The summed E-state index contributed by atoms with van der Waals surface area (Å²) in [6.45, 7) is 8.51. The van der Waals surface area contributed by atoms with Crippen LogP contribution in [0, 0.1) is 13.8 Å². The minimum Gasteiger partial charge on any atom is -0.357 e. The number of halogens is 1. The minimum atomic E-state index is 0. The lowest BCUT2D eigenvalue weighted by molar-refractivity contribution is 0.707. The SMILES string of the molecule is CCNC(=NCc1ccnn1C)NCCc1nc(C)c(C)s1.I. The quantitative estimate of drug-likeness (QED) is 0.405. The van der Waals surface area contributed by atoms with E-state index in [1.165, 1.54) is 9.88 Å². The van der Waals surface area contributed by atoms with Crippen molar-refractivity contribution in [1.82, 2.24) is 25.4 Å². The monoisotopic (exact) mass is 448 g/mol. The van der Waals surface area contributed by atoms with Crippen molar-refractivity contribution < 1.29 is 0 Å². The van der Waals surface area contributed by atoms with Crippen molar-refractivity contribution >= 4 is 41.3 Å². The number of rotatable bonds is 6. The van der Waals surface area contributed by atoms with Crippen LogP contribution in [0.2, 0.25) is 0 Å². The van der Waals surface area contributed by atoms with Crippen LogP contribution in [0.5, 0.6) is 0 Å². The highest BCUT2D eigenvalue weighted by atomic mass is 127. The van der Waals surface area contributed by atoms with E-state index in [1.807, 2.05) is 17.8 Å². The molecule has 0 atom stereocenters. The van der Waals surface area contributed by atoms with Gasteiger partial charge in [-0.1, -0.05) is 0 Å². The molecule has 0 saturated carbocycles. The summed E-state index contributed by atoms with van der Waals surface area (Å²) >= 11 is 1.77. The highest BCUT2D eigenvalue weighted by molar-refractivity contribution is 14.0. The Morgan fingerprint density at radius 3 is 2.70 bits per heavy atom. The number of aryl methyl sites for hydroxylation is 3. The van der Waals surface area contributed by atoms with Crippen LogP contribution >= 0.6 is 35.3 Å². The van der Waals surface area contributed by atoms with Gasteiger partial charge in [0.05, 0.1) is 22.9 Å². The standard InChI is InChI=1S/C15H24N6S.HI/c1-5-16-15(18-10-13-6-9-19-21(13)4)17-8-7-14-20-11(2)12(3)22-14;/h6,9H,5,7-8,10H2,1-4H3,(H2,16,17,18);1H. The molecule has 0 unspecified atom stereocenters. The van der Waals surface area contributed by atoms with Crippen LogP contribution in [0.15, 0.2) is 17.3 Å². The Hall–Kier alpha value is -1.16. The molecule has 0 amide bonds. The first-order valence-electron chi connectivity index (χ1n) is 7.52. The number of hydrogen-bond acceptors (Lipinski definition) is 4. The van der Waals surface area contributed by atoms with E-state index >= 15 is 0 Å². The summed E-state index contributed by atoms with van der Waals surface area (Å²) in [5.74, 6) is 0.828. The van der Waals surface area contributed by atoms with Crippen molar-refractivity contribution in [2.75, 3.05) is 13.1 Å². The molecule has 0 bridgehead atoms. The molecule has 0 aliphatic heterocycles.